The Hall–Kier alpha value is -0.890. The summed E-state index contributed by atoms with van der Waals surface area (Å²) < 4.78 is 0. The Balaban J connectivity index is 2.64. The van der Waals surface area contributed by atoms with Crippen molar-refractivity contribution in [3.8, 4) is 0 Å². The van der Waals surface area contributed by atoms with E-state index in [9.17, 15) is 0 Å². The normalized spacial score (nSPS) is 9.92. The molecular formula is C11H15NS. The second kappa shape index (κ2) is 4.97. The highest BCUT2D eigenvalue weighted by molar-refractivity contribution is 7.99. The van der Waals surface area contributed by atoms with Crippen molar-refractivity contribution < 1.29 is 0 Å². The number of anilines is 1. The summed E-state index contributed by atoms with van der Waals surface area (Å²) in [5.41, 5.74) is 7.83. The number of nitrogen functional groups attached to an aromatic ring is 1. The molecule has 0 aliphatic heterocycles. The molecule has 0 aliphatic carbocycles. The first-order chi connectivity index (χ1) is 6.24. The van der Waals surface area contributed by atoms with Crippen molar-refractivity contribution in [2.45, 2.75) is 18.2 Å². The van der Waals surface area contributed by atoms with Gasteiger partial charge < -0.3 is 5.73 Å². The summed E-state index contributed by atoms with van der Waals surface area (Å²) in [6, 6.07) is 6.03. The van der Waals surface area contributed by atoms with Gasteiger partial charge in [0.25, 0.3) is 0 Å². The van der Waals surface area contributed by atoms with Crippen LogP contribution in [-0.4, -0.2) is 5.75 Å². The van der Waals surface area contributed by atoms with E-state index in [0.29, 0.717) is 0 Å². The van der Waals surface area contributed by atoms with Crippen molar-refractivity contribution in [3.05, 3.63) is 36.4 Å². The zero-order valence-corrected chi connectivity index (χ0v) is 8.73. The predicted molar refractivity (Wildman–Crippen MR) is 61.1 cm³/mol. The van der Waals surface area contributed by atoms with E-state index in [4.69, 9.17) is 5.73 Å². The fourth-order valence-electron chi connectivity index (χ4n) is 1.02. The first-order valence-electron chi connectivity index (χ1n) is 4.34. The molecule has 1 aromatic carbocycles. The molecule has 0 fully saturated rings. The van der Waals surface area contributed by atoms with E-state index >= 15 is 0 Å². The van der Waals surface area contributed by atoms with Gasteiger partial charge in [-0.2, -0.15) is 0 Å². The molecule has 1 nitrogen and oxygen atoms in total. The zero-order valence-electron chi connectivity index (χ0n) is 7.92. The standard InChI is InChI=1S/C11H15NS/c1-3-4-7-13-11-8-10(12)6-5-9(11)2/h3,5-6,8H,1,4,7,12H2,2H3. The zero-order chi connectivity index (χ0) is 9.68. The van der Waals surface area contributed by atoms with Gasteiger partial charge in [-0.25, -0.2) is 0 Å². The average molecular weight is 193 g/mol. The van der Waals surface area contributed by atoms with Gasteiger partial charge in [0.05, 0.1) is 0 Å². The van der Waals surface area contributed by atoms with Crippen LogP contribution in [0.4, 0.5) is 5.69 Å². The van der Waals surface area contributed by atoms with Crippen LogP contribution in [0.5, 0.6) is 0 Å². The van der Waals surface area contributed by atoms with Crippen LogP contribution in [0.2, 0.25) is 0 Å². The van der Waals surface area contributed by atoms with E-state index < -0.39 is 0 Å². The minimum atomic E-state index is 0.840. The lowest BCUT2D eigenvalue weighted by molar-refractivity contribution is 1.23. The summed E-state index contributed by atoms with van der Waals surface area (Å²) in [4.78, 5) is 1.28. The molecule has 0 amide bonds. The van der Waals surface area contributed by atoms with Crippen LogP contribution in [0, 0.1) is 6.92 Å². The topological polar surface area (TPSA) is 26.0 Å². The first-order valence-corrected chi connectivity index (χ1v) is 5.32. The molecule has 0 bridgehead atoms. The Labute approximate surface area is 84.0 Å². The van der Waals surface area contributed by atoms with E-state index in [0.717, 1.165) is 17.9 Å². The van der Waals surface area contributed by atoms with Crippen LogP contribution < -0.4 is 5.73 Å². The Kier molecular flexibility index (Phi) is 3.90. The second-order valence-corrected chi connectivity index (χ2v) is 4.09. The maximum atomic E-state index is 5.70. The highest BCUT2D eigenvalue weighted by atomic mass is 32.2. The van der Waals surface area contributed by atoms with E-state index in [1.54, 1.807) is 0 Å². The van der Waals surface area contributed by atoms with Gasteiger partial charge in [-0.3, -0.25) is 0 Å². The third-order valence-corrected chi connectivity index (χ3v) is 2.98. The fourth-order valence-corrected chi connectivity index (χ4v) is 2.04. The van der Waals surface area contributed by atoms with Crippen molar-refractivity contribution in [1.29, 1.82) is 0 Å². The summed E-state index contributed by atoms with van der Waals surface area (Å²) in [6.45, 7) is 5.80. The molecule has 1 rings (SSSR count). The molecule has 13 heavy (non-hydrogen) atoms. The third-order valence-electron chi connectivity index (χ3n) is 1.79. The van der Waals surface area contributed by atoms with Gasteiger partial charge in [-0.1, -0.05) is 12.1 Å². The minimum absolute atomic E-state index is 0.840. The highest BCUT2D eigenvalue weighted by Crippen LogP contribution is 2.24. The van der Waals surface area contributed by atoms with Gasteiger partial charge in [-0.15, -0.1) is 18.3 Å². The summed E-state index contributed by atoms with van der Waals surface area (Å²) in [7, 11) is 0. The van der Waals surface area contributed by atoms with Gasteiger partial charge in [0.15, 0.2) is 0 Å². The molecule has 1 aromatic rings. The number of hydrogen-bond acceptors (Lipinski definition) is 2. The Morgan fingerprint density at radius 2 is 2.31 bits per heavy atom. The van der Waals surface area contributed by atoms with Crippen LogP contribution in [0.25, 0.3) is 0 Å². The SMILES string of the molecule is C=CCCSc1cc(N)ccc1C. The van der Waals surface area contributed by atoms with Crippen LogP contribution >= 0.6 is 11.8 Å². The number of nitrogens with two attached hydrogens (primary N) is 1. The van der Waals surface area contributed by atoms with Crippen LogP contribution in [0.3, 0.4) is 0 Å². The molecule has 0 heterocycles. The number of benzene rings is 1. The van der Waals surface area contributed by atoms with Gasteiger partial charge in [0, 0.05) is 16.3 Å². The van der Waals surface area contributed by atoms with E-state index in [1.165, 1.54) is 10.5 Å². The van der Waals surface area contributed by atoms with Crippen LogP contribution in [0.1, 0.15) is 12.0 Å². The Bertz CT molecular complexity index is 294. The molecule has 70 valence electrons. The molecular weight excluding hydrogens is 178 g/mol. The average Bonchev–Trinajstić information content (AvgIpc) is 2.11. The maximum absolute atomic E-state index is 5.70. The molecule has 0 aromatic heterocycles. The van der Waals surface area contributed by atoms with Gasteiger partial charge in [-0.05, 0) is 31.0 Å². The number of aryl methyl sites for hydroxylation is 1. The van der Waals surface area contributed by atoms with Crippen molar-refractivity contribution >= 4 is 17.4 Å². The lowest BCUT2D eigenvalue weighted by Crippen LogP contribution is -1.87. The van der Waals surface area contributed by atoms with Crippen LogP contribution in [0.15, 0.2) is 35.7 Å². The lowest BCUT2D eigenvalue weighted by Gasteiger charge is -2.05. The van der Waals surface area contributed by atoms with Crippen molar-refractivity contribution in [1.82, 2.24) is 0 Å². The third kappa shape index (κ3) is 3.15. The van der Waals surface area contributed by atoms with E-state index in [2.05, 4.69) is 19.6 Å². The Morgan fingerprint density at radius 1 is 1.54 bits per heavy atom. The number of allylic oxidation sites excluding steroid dienone is 1. The molecule has 0 saturated carbocycles. The molecule has 0 spiro atoms. The number of rotatable bonds is 4. The highest BCUT2D eigenvalue weighted by Gasteiger charge is 1.98. The molecule has 0 radical (unpaired) electrons. The number of hydrogen-bond donors (Lipinski definition) is 1. The molecule has 2 heteroatoms. The monoisotopic (exact) mass is 193 g/mol. The number of thioether (sulfide) groups is 1. The van der Waals surface area contributed by atoms with Gasteiger partial charge >= 0.3 is 0 Å². The molecule has 0 aliphatic rings. The van der Waals surface area contributed by atoms with Gasteiger partial charge in [0.2, 0.25) is 0 Å². The van der Waals surface area contributed by atoms with Crippen LogP contribution in [-0.2, 0) is 0 Å². The van der Waals surface area contributed by atoms with Crippen molar-refractivity contribution in [2.75, 3.05) is 11.5 Å². The van der Waals surface area contributed by atoms with Gasteiger partial charge in [0.1, 0.15) is 0 Å². The van der Waals surface area contributed by atoms with E-state index in [1.807, 2.05) is 30.0 Å². The summed E-state index contributed by atoms with van der Waals surface area (Å²) in [5, 5.41) is 0. The summed E-state index contributed by atoms with van der Waals surface area (Å²) >= 11 is 1.83. The smallest absolute Gasteiger partial charge is 0.0325 e. The van der Waals surface area contributed by atoms with Crippen molar-refractivity contribution in [3.63, 3.8) is 0 Å². The molecule has 0 unspecified atom stereocenters. The predicted octanol–water partition coefficient (Wildman–Crippen LogP) is 3.25. The summed E-state index contributed by atoms with van der Waals surface area (Å²) in [6.07, 6.45) is 2.98. The maximum Gasteiger partial charge on any atom is 0.0325 e. The largest absolute Gasteiger partial charge is 0.399 e. The molecule has 2 N–H and O–H groups in total. The summed E-state index contributed by atoms with van der Waals surface area (Å²) in [5.74, 6) is 1.08. The first kappa shape index (κ1) is 10.2. The quantitative estimate of drug-likeness (QED) is 0.344. The lowest BCUT2D eigenvalue weighted by atomic mass is 10.2. The molecule has 0 atom stereocenters. The minimum Gasteiger partial charge on any atom is -0.399 e. The second-order valence-electron chi connectivity index (χ2n) is 2.95. The fraction of sp³-hybridized carbons (Fsp3) is 0.273. The Morgan fingerprint density at radius 3 is 3.00 bits per heavy atom. The molecule has 0 saturated heterocycles. The van der Waals surface area contributed by atoms with E-state index in [-0.39, 0.29) is 0 Å². The van der Waals surface area contributed by atoms with Crippen molar-refractivity contribution in [2.24, 2.45) is 0 Å².